The third-order valence-electron chi connectivity index (χ3n) is 1.78. The predicted molar refractivity (Wildman–Crippen MR) is 60.2 cm³/mol. The van der Waals surface area contributed by atoms with Gasteiger partial charge in [-0.05, 0) is 26.9 Å². The van der Waals surface area contributed by atoms with Crippen molar-refractivity contribution in [1.82, 2.24) is 0 Å². The van der Waals surface area contributed by atoms with Crippen LogP contribution in [-0.4, -0.2) is 34.4 Å². The molecule has 0 N–H and O–H groups in total. The standard InChI is InChI=1S/C8H21O4PSi/c1-6-11-13(9,12-7-2)8-14(4,5)10-3/h6-8H2,1-5H3. The summed E-state index contributed by atoms with van der Waals surface area (Å²) in [5.74, 6) is 0.415. The Morgan fingerprint density at radius 2 is 1.57 bits per heavy atom. The van der Waals surface area contributed by atoms with Gasteiger partial charge in [-0.25, -0.2) is 0 Å². The molecule has 6 heteroatoms. The van der Waals surface area contributed by atoms with E-state index in [1.807, 2.05) is 26.9 Å². The normalized spacial score (nSPS) is 13.2. The Morgan fingerprint density at radius 1 is 1.14 bits per heavy atom. The predicted octanol–water partition coefficient (Wildman–Crippen LogP) is 2.64. The lowest BCUT2D eigenvalue weighted by atomic mass is 10.9. The molecular formula is C8H21O4PSi. The van der Waals surface area contributed by atoms with Crippen LogP contribution >= 0.6 is 7.60 Å². The van der Waals surface area contributed by atoms with E-state index in [0.717, 1.165) is 0 Å². The molecule has 0 amide bonds. The zero-order valence-electron chi connectivity index (χ0n) is 9.70. The largest absolute Gasteiger partial charge is 0.420 e. The van der Waals surface area contributed by atoms with Crippen molar-refractivity contribution in [2.24, 2.45) is 0 Å². The van der Waals surface area contributed by atoms with Crippen molar-refractivity contribution in [3.05, 3.63) is 0 Å². The molecule has 14 heavy (non-hydrogen) atoms. The third-order valence-corrected chi connectivity index (χ3v) is 8.78. The summed E-state index contributed by atoms with van der Waals surface area (Å²) in [6.07, 6.45) is 0. The Hall–Kier alpha value is 0.327. The van der Waals surface area contributed by atoms with E-state index in [4.69, 9.17) is 13.5 Å². The minimum atomic E-state index is -2.92. The van der Waals surface area contributed by atoms with E-state index in [2.05, 4.69) is 0 Å². The van der Waals surface area contributed by atoms with Gasteiger partial charge in [0.15, 0.2) is 8.32 Å². The van der Waals surface area contributed by atoms with Crippen LogP contribution in [0.15, 0.2) is 0 Å². The second kappa shape index (κ2) is 6.03. The van der Waals surface area contributed by atoms with E-state index in [1.54, 1.807) is 7.11 Å². The summed E-state index contributed by atoms with van der Waals surface area (Å²) in [6.45, 7) is 8.44. The van der Waals surface area contributed by atoms with Crippen LogP contribution in [0.25, 0.3) is 0 Å². The summed E-state index contributed by atoms with van der Waals surface area (Å²) >= 11 is 0. The van der Waals surface area contributed by atoms with E-state index in [9.17, 15) is 4.57 Å². The van der Waals surface area contributed by atoms with Gasteiger partial charge < -0.3 is 13.5 Å². The van der Waals surface area contributed by atoms with Gasteiger partial charge in [-0.2, -0.15) is 0 Å². The van der Waals surface area contributed by atoms with Crippen molar-refractivity contribution in [2.45, 2.75) is 26.9 Å². The van der Waals surface area contributed by atoms with E-state index in [1.165, 1.54) is 0 Å². The molecule has 0 heterocycles. The lowest BCUT2D eigenvalue weighted by Gasteiger charge is -2.25. The molecule has 0 bridgehead atoms. The van der Waals surface area contributed by atoms with Crippen molar-refractivity contribution in [3.8, 4) is 0 Å². The molecule has 86 valence electrons. The second-order valence-electron chi connectivity index (χ2n) is 3.57. The summed E-state index contributed by atoms with van der Waals surface area (Å²) < 4.78 is 27.8. The molecule has 0 aromatic rings. The van der Waals surface area contributed by atoms with E-state index >= 15 is 0 Å². The molecule has 0 fully saturated rings. The van der Waals surface area contributed by atoms with Crippen LogP contribution < -0.4 is 0 Å². The van der Waals surface area contributed by atoms with Crippen molar-refractivity contribution in [2.75, 3.05) is 26.1 Å². The van der Waals surface area contributed by atoms with Crippen LogP contribution in [0.4, 0.5) is 0 Å². The minimum Gasteiger partial charge on any atom is -0.420 e. The lowest BCUT2D eigenvalue weighted by Crippen LogP contribution is -2.34. The smallest absolute Gasteiger partial charge is 0.330 e. The Labute approximate surface area is 87.6 Å². The van der Waals surface area contributed by atoms with Gasteiger partial charge in [0.1, 0.15) is 0 Å². The van der Waals surface area contributed by atoms with Gasteiger partial charge in [-0.3, -0.25) is 4.57 Å². The first-order chi connectivity index (χ1) is 6.39. The molecule has 0 aromatic carbocycles. The van der Waals surface area contributed by atoms with Gasteiger partial charge in [0.2, 0.25) is 0 Å². The lowest BCUT2D eigenvalue weighted by molar-refractivity contribution is 0.222. The second-order valence-corrected chi connectivity index (χ2v) is 10.5. The monoisotopic (exact) mass is 240 g/mol. The molecule has 0 radical (unpaired) electrons. The molecule has 0 saturated carbocycles. The van der Waals surface area contributed by atoms with Crippen molar-refractivity contribution >= 4 is 15.9 Å². The number of hydrogen-bond donors (Lipinski definition) is 0. The molecule has 0 aliphatic rings. The first-order valence-electron chi connectivity index (χ1n) is 4.82. The van der Waals surface area contributed by atoms with Gasteiger partial charge in [0, 0.05) is 7.11 Å². The van der Waals surface area contributed by atoms with Crippen LogP contribution in [0.1, 0.15) is 13.8 Å². The Balaban J connectivity index is 4.43. The van der Waals surface area contributed by atoms with E-state index in [-0.39, 0.29) is 0 Å². The van der Waals surface area contributed by atoms with Crippen molar-refractivity contribution in [1.29, 1.82) is 0 Å². The molecule has 0 saturated heterocycles. The molecule has 0 atom stereocenters. The zero-order valence-corrected chi connectivity index (χ0v) is 11.6. The molecule has 0 spiro atoms. The third kappa shape index (κ3) is 5.27. The van der Waals surface area contributed by atoms with Crippen LogP contribution in [0.3, 0.4) is 0 Å². The van der Waals surface area contributed by atoms with Gasteiger partial charge in [0.05, 0.1) is 19.0 Å². The van der Waals surface area contributed by atoms with Crippen LogP contribution in [0.2, 0.25) is 13.1 Å². The van der Waals surface area contributed by atoms with E-state index < -0.39 is 15.9 Å². The molecular weight excluding hydrogens is 219 g/mol. The highest BCUT2D eigenvalue weighted by Crippen LogP contribution is 2.49. The fourth-order valence-electron chi connectivity index (χ4n) is 1.05. The SMILES string of the molecule is CCOP(=O)(C[Si](C)(C)OC)OCC. The van der Waals surface area contributed by atoms with Crippen LogP contribution in [-0.2, 0) is 18.0 Å². The summed E-state index contributed by atoms with van der Waals surface area (Å²) in [5, 5.41) is 0. The molecule has 4 nitrogen and oxygen atoms in total. The van der Waals surface area contributed by atoms with Crippen molar-refractivity contribution in [3.63, 3.8) is 0 Å². The van der Waals surface area contributed by atoms with Gasteiger partial charge in [-0.1, -0.05) is 0 Å². The molecule has 0 rings (SSSR count). The van der Waals surface area contributed by atoms with Crippen molar-refractivity contribution < 1.29 is 18.0 Å². The molecule has 0 aliphatic carbocycles. The highest BCUT2D eigenvalue weighted by atomic mass is 31.2. The van der Waals surface area contributed by atoms with Crippen LogP contribution in [0, 0.1) is 0 Å². The molecule has 0 unspecified atom stereocenters. The Bertz CT molecular complexity index is 198. The number of hydrogen-bond acceptors (Lipinski definition) is 4. The number of rotatable bonds is 7. The maximum absolute atomic E-state index is 12.1. The minimum absolute atomic E-state index is 0.408. The fourth-order valence-corrected chi connectivity index (χ4v) is 6.89. The van der Waals surface area contributed by atoms with Gasteiger partial charge >= 0.3 is 7.60 Å². The fraction of sp³-hybridized carbons (Fsp3) is 1.00. The maximum Gasteiger partial charge on any atom is 0.330 e. The topological polar surface area (TPSA) is 44.8 Å². The first kappa shape index (κ1) is 14.3. The van der Waals surface area contributed by atoms with Gasteiger partial charge in [0.25, 0.3) is 0 Å². The Kier molecular flexibility index (Phi) is 6.17. The summed E-state index contributed by atoms with van der Waals surface area (Å²) in [4.78, 5) is 0. The quantitative estimate of drug-likeness (QED) is 0.507. The highest BCUT2D eigenvalue weighted by molar-refractivity contribution is 7.56. The summed E-state index contributed by atoms with van der Waals surface area (Å²) in [7, 11) is -3.17. The summed E-state index contributed by atoms with van der Waals surface area (Å²) in [5.41, 5.74) is 0. The summed E-state index contributed by atoms with van der Waals surface area (Å²) in [6, 6.07) is 0. The molecule has 0 aromatic heterocycles. The maximum atomic E-state index is 12.1. The average molecular weight is 240 g/mol. The van der Waals surface area contributed by atoms with Crippen LogP contribution in [0.5, 0.6) is 0 Å². The molecule has 0 aliphatic heterocycles. The average Bonchev–Trinajstić information content (AvgIpc) is 2.03. The highest BCUT2D eigenvalue weighted by Gasteiger charge is 2.35. The van der Waals surface area contributed by atoms with Gasteiger partial charge in [-0.15, -0.1) is 0 Å². The Morgan fingerprint density at radius 3 is 1.86 bits per heavy atom. The first-order valence-corrected chi connectivity index (χ1v) is 9.66. The zero-order chi connectivity index (χ0) is 11.2. The van der Waals surface area contributed by atoms with E-state index in [0.29, 0.717) is 19.0 Å².